The summed E-state index contributed by atoms with van der Waals surface area (Å²) >= 11 is 0. The van der Waals surface area contributed by atoms with Crippen LogP contribution in [0.25, 0.3) is 0 Å². The predicted octanol–water partition coefficient (Wildman–Crippen LogP) is 4.22. The second-order valence-corrected chi connectivity index (χ2v) is 7.30. The summed E-state index contributed by atoms with van der Waals surface area (Å²) in [5.41, 5.74) is 3.04. The van der Waals surface area contributed by atoms with E-state index in [9.17, 15) is 4.39 Å². The molecular formula is C18H26FN. The lowest BCUT2D eigenvalue weighted by Gasteiger charge is -2.43. The van der Waals surface area contributed by atoms with Crippen LogP contribution < -0.4 is 0 Å². The number of piperidine rings is 1. The van der Waals surface area contributed by atoms with Crippen LogP contribution in [0, 0.1) is 17.2 Å². The number of fused-ring (bicyclic) bond motifs is 1. The molecule has 0 amide bonds. The highest BCUT2D eigenvalue weighted by Gasteiger charge is 2.45. The molecule has 0 radical (unpaired) electrons. The topological polar surface area (TPSA) is 3.24 Å². The first-order valence-electron chi connectivity index (χ1n) is 8.01. The number of nitrogens with zero attached hydrogens (tertiary/aromatic N) is 1. The van der Waals surface area contributed by atoms with Gasteiger partial charge in [0.1, 0.15) is 5.82 Å². The molecule has 2 heteroatoms. The first kappa shape index (κ1) is 14.1. The van der Waals surface area contributed by atoms with Gasteiger partial charge in [0, 0.05) is 6.54 Å². The van der Waals surface area contributed by atoms with Gasteiger partial charge >= 0.3 is 0 Å². The van der Waals surface area contributed by atoms with Crippen molar-refractivity contribution >= 4 is 0 Å². The lowest BCUT2D eigenvalue weighted by atomic mass is 9.70. The Hall–Kier alpha value is -0.890. The van der Waals surface area contributed by atoms with Crippen LogP contribution in [0.1, 0.15) is 50.7 Å². The van der Waals surface area contributed by atoms with Gasteiger partial charge in [-0.25, -0.2) is 4.39 Å². The Morgan fingerprint density at radius 2 is 2.00 bits per heavy atom. The van der Waals surface area contributed by atoms with Gasteiger partial charge in [0.2, 0.25) is 0 Å². The van der Waals surface area contributed by atoms with E-state index in [-0.39, 0.29) is 5.82 Å². The summed E-state index contributed by atoms with van der Waals surface area (Å²) in [6.45, 7) is 10.6. The van der Waals surface area contributed by atoms with Gasteiger partial charge in [-0.15, -0.1) is 0 Å². The first-order valence-corrected chi connectivity index (χ1v) is 8.01. The molecule has 1 aromatic carbocycles. The quantitative estimate of drug-likeness (QED) is 0.781. The van der Waals surface area contributed by atoms with E-state index >= 15 is 0 Å². The minimum absolute atomic E-state index is 0.0785. The van der Waals surface area contributed by atoms with Crippen LogP contribution in [-0.4, -0.2) is 24.5 Å². The Balaban J connectivity index is 1.74. The summed E-state index contributed by atoms with van der Waals surface area (Å²) in [5.74, 6) is 1.25. The van der Waals surface area contributed by atoms with Crippen molar-refractivity contribution in [2.24, 2.45) is 11.3 Å². The van der Waals surface area contributed by atoms with Crippen LogP contribution >= 0.6 is 0 Å². The number of rotatable bonds is 2. The molecule has 0 N–H and O–H groups in total. The van der Waals surface area contributed by atoms with Crippen molar-refractivity contribution in [3.8, 4) is 0 Å². The van der Waals surface area contributed by atoms with Gasteiger partial charge in [-0.2, -0.15) is 0 Å². The number of likely N-dealkylation sites (tertiary alicyclic amines) is 1. The molecule has 1 atom stereocenters. The molecule has 1 fully saturated rings. The van der Waals surface area contributed by atoms with Crippen LogP contribution in [0.5, 0.6) is 0 Å². The maximum atomic E-state index is 13.4. The second kappa shape index (κ2) is 5.14. The predicted molar refractivity (Wildman–Crippen MR) is 81.5 cm³/mol. The van der Waals surface area contributed by atoms with Crippen molar-refractivity contribution < 1.29 is 4.39 Å². The maximum absolute atomic E-state index is 13.4. The molecule has 3 rings (SSSR count). The highest BCUT2D eigenvalue weighted by Crippen LogP contribution is 2.53. The van der Waals surface area contributed by atoms with E-state index in [1.807, 2.05) is 6.07 Å². The fraction of sp³-hybridized carbons (Fsp3) is 0.667. The molecule has 1 aliphatic carbocycles. The van der Waals surface area contributed by atoms with Crippen LogP contribution in [-0.2, 0) is 6.42 Å². The van der Waals surface area contributed by atoms with Crippen LogP contribution in [0.15, 0.2) is 18.2 Å². The molecule has 1 heterocycles. The summed E-state index contributed by atoms with van der Waals surface area (Å²) in [4.78, 5) is 2.60. The van der Waals surface area contributed by atoms with Gasteiger partial charge in [-0.05, 0) is 72.9 Å². The molecule has 1 saturated heterocycles. The minimum Gasteiger partial charge on any atom is -0.303 e. The summed E-state index contributed by atoms with van der Waals surface area (Å²) in [6, 6.07) is 5.41. The maximum Gasteiger partial charge on any atom is 0.123 e. The fourth-order valence-corrected chi connectivity index (χ4v) is 4.32. The molecule has 110 valence electrons. The zero-order valence-corrected chi connectivity index (χ0v) is 13.0. The standard InChI is InChI=1S/C18H26FN/c1-13(2)12-20-8-6-18(7-9-20)11-15-10-16(19)4-5-17(15)14(18)3/h4-5,10,13-14H,6-9,11-12H2,1-3H3/t14-/m1/s1. The van der Waals surface area contributed by atoms with Crippen LogP contribution in [0.2, 0.25) is 0 Å². The highest BCUT2D eigenvalue weighted by molar-refractivity contribution is 5.39. The molecule has 1 aliphatic heterocycles. The van der Waals surface area contributed by atoms with Gasteiger partial charge in [0.25, 0.3) is 0 Å². The Bertz CT molecular complexity index is 486. The average molecular weight is 275 g/mol. The van der Waals surface area contributed by atoms with Crippen LogP contribution in [0.4, 0.5) is 4.39 Å². The molecule has 0 unspecified atom stereocenters. The van der Waals surface area contributed by atoms with E-state index in [1.54, 1.807) is 12.1 Å². The van der Waals surface area contributed by atoms with Crippen molar-refractivity contribution in [1.82, 2.24) is 4.90 Å². The average Bonchev–Trinajstić information content (AvgIpc) is 2.65. The first-order chi connectivity index (χ1) is 9.50. The third kappa shape index (κ3) is 2.39. The fourth-order valence-electron chi connectivity index (χ4n) is 4.32. The summed E-state index contributed by atoms with van der Waals surface area (Å²) < 4.78 is 13.4. The van der Waals surface area contributed by atoms with Gasteiger partial charge in [-0.3, -0.25) is 0 Å². The minimum atomic E-state index is -0.0785. The third-order valence-electron chi connectivity index (χ3n) is 5.51. The van der Waals surface area contributed by atoms with Gasteiger partial charge in [0.05, 0.1) is 0 Å². The normalized spacial score (nSPS) is 25.4. The number of halogens is 1. The van der Waals surface area contributed by atoms with Crippen molar-refractivity contribution in [3.05, 3.63) is 35.1 Å². The molecule has 1 nitrogen and oxygen atoms in total. The highest BCUT2D eigenvalue weighted by atomic mass is 19.1. The molecular weight excluding hydrogens is 249 g/mol. The van der Waals surface area contributed by atoms with Crippen molar-refractivity contribution in [1.29, 1.82) is 0 Å². The van der Waals surface area contributed by atoms with Crippen molar-refractivity contribution in [2.75, 3.05) is 19.6 Å². The van der Waals surface area contributed by atoms with Gasteiger partial charge < -0.3 is 4.90 Å². The number of hydrogen-bond donors (Lipinski definition) is 0. The Kier molecular flexibility index (Phi) is 3.62. The molecule has 0 saturated carbocycles. The van der Waals surface area contributed by atoms with E-state index in [0.29, 0.717) is 11.3 Å². The van der Waals surface area contributed by atoms with Gasteiger partial charge in [-0.1, -0.05) is 26.8 Å². The van der Waals surface area contributed by atoms with E-state index in [2.05, 4.69) is 25.7 Å². The zero-order valence-electron chi connectivity index (χ0n) is 13.0. The third-order valence-corrected chi connectivity index (χ3v) is 5.51. The lowest BCUT2D eigenvalue weighted by molar-refractivity contribution is 0.0853. The smallest absolute Gasteiger partial charge is 0.123 e. The Morgan fingerprint density at radius 1 is 1.30 bits per heavy atom. The Labute approximate surface area is 122 Å². The zero-order chi connectivity index (χ0) is 14.3. The second-order valence-electron chi connectivity index (χ2n) is 7.30. The molecule has 1 spiro atoms. The van der Waals surface area contributed by atoms with E-state index in [4.69, 9.17) is 0 Å². The summed E-state index contributed by atoms with van der Waals surface area (Å²) in [6.07, 6.45) is 3.60. The number of hydrogen-bond acceptors (Lipinski definition) is 1. The van der Waals surface area contributed by atoms with Gasteiger partial charge in [0.15, 0.2) is 0 Å². The Morgan fingerprint density at radius 3 is 2.65 bits per heavy atom. The number of benzene rings is 1. The van der Waals surface area contributed by atoms with Crippen molar-refractivity contribution in [3.63, 3.8) is 0 Å². The monoisotopic (exact) mass is 275 g/mol. The lowest BCUT2D eigenvalue weighted by Crippen LogP contribution is -2.43. The molecule has 0 bridgehead atoms. The van der Waals surface area contributed by atoms with E-state index < -0.39 is 0 Å². The molecule has 0 aromatic heterocycles. The largest absolute Gasteiger partial charge is 0.303 e. The molecule has 20 heavy (non-hydrogen) atoms. The van der Waals surface area contributed by atoms with E-state index in [1.165, 1.54) is 43.6 Å². The molecule has 1 aromatic rings. The summed E-state index contributed by atoms with van der Waals surface area (Å²) in [5, 5.41) is 0. The molecule has 2 aliphatic rings. The SMILES string of the molecule is CC(C)CN1CCC2(CC1)Cc1cc(F)ccc1[C@H]2C. The summed E-state index contributed by atoms with van der Waals surface area (Å²) in [7, 11) is 0. The van der Waals surface area contributed by atoms with Crippen LogP contribution in [0.3, 0.4) is 0 Å². The van der Waals surface area contributed by atoms with E-state index in [0.717, 1.165) is 12.3 Å². The van der Waals surface area contributed by atoms with Crippen molar-refractivity contribution in [2.45, 2.75) is 46.0 Å².